The van der Waals surface area contributed by atoms with Crippen LogP contribution in [0.3, 0.4) is 0 Å². The first-order valence-corrected chi connectivity index (χ1v) is 13.1. The SMILES string of the molecule is CCCC[P+](CCCC)(Nc1ccccc1)[Se]C. The van der Waals surface area contributed by atoms with Gasteiger partial charge in [0.2, 0.25) is 0 Å². The topological polar surface area (TPSA) is 12.0 Å². The van der Waals surface area contributed by atoms with Crippen LogP contribution in [0, 0.1) is 0 Å². The van der Waals surface area contributed by atoms with Crippen molar-refractivity contribution >= 4 is 26.3 Å². The summed E-state index contributed by atoms with van der Waals surface area (Å²) in [6, 6.07) is 10.8. The van der Waals surface area contributed by atoms with Gasteiger partial charge in [-0.1, -0.05) is 0 Å². The van der Waals surface area contributed by atoms with Crippen LogP contribution in [0.2, 0.25) is 5.82 Å². The molecule has 0 atom stereocenters. The van der Waals surface area contributed by atoms with E-state index in [0.29, 0.717) is 0 Å². The van der Waals surface area contributed by atoms with Gasteiger partial charge in [-0.2, -0.15) is 0 Å². The Hall–Kier alpha value is -0.0305. The van der Waals surface area contributed by atoms with E-state index in [-0.39, 0.29) is 0 Å². The van der Waals surface area contributed by atoms with Gasteiger partial charge in [0, 0.05) is 0 Å². The molecule has 0 fully saturated rings. The Balaban J connectivity index is 2.73. The van der Waals surface area contributed by atoms with Crippen molar-refractivity contribution in [1.82, 2.24) is 0 Å². The van der Waals surface area contributed by atoms with Crippen LogP contribution in [0.4, 0.5) is 5.69 Å². The van der Waals surface area contributed by atoms with E-state index >= 15 is 0 Å². The summed E-state index contributed by atoms with van der Waals surface area (Å²) in [6.45, 7) is 4.61. The van der Waals surface area contributed by atoms with Gasteiger partial charge in [0.1, 0.15) is 0 Å². The van der Waals surface area contributed by atoms with Crippen molar-refractivity contribution in [3.05, 3.63) is 30.3 Å². The third-order valence-corrected chi connectivity index (χ3v) is 13.9. The quantitative estimate of drug-likeness (QED) is 0.478. The van der Waals surface area contributed by atoms with Crippen LogP contribution in [-0.2, 0) is 0 Å². The Morgan fingerprint density at radius 2 is 1.56 bits per heavy atom. The first-order valence-electron chi connectivity index (χ1n) is 7.02. The molecule has 0 saturated carbocycles. The number of para-hydroxylation sites is 1. The van der Waals surface area contributed by atoms with Gasteiger partial charge in [-0.05, 0) is 0 Å². The molecule has 0 aliphatic heterocycles. The summed E-state index contributed by atoms with van der Waals surface area (Å²) < 4.78 is 0. The molecular weight excluding hydrogens is 304 g/mol. The average Bonchev–Trinajstić information content (AvgIpc) is 2.43. The number of unbranched alkanes of at least 4 members (excludes halogenated alkanes) is 2. The van der Waals surface area contributed by atoms with Gasteiger partial charge in [0.25, 0.3) is 0 Å². The van der Waals surface area contributed by atoms with E-state index in [1.807, 2.05) is 0 Å². The zero-order valence-electron chi connectivity index (χ0n) is 12.0. The van der Waals surface area contributed by atoms with E-state index in [0.717, 1.165) is 14.5 Å². The number of rotatable bonds is 9. The van der Waals surface area contributed by atoms with Gasteiger partial charge >= 0.3 is 119 Å². The summed E-state index contributed by atoms with van der Waals surface area (Å²) >= 11 is 0.743. The molecule has 0 aliphatic carbocycles. The minimum atomic E-state index is -0.920. The van der Waals surface area contributed by atoms with E-state index in [4.69, 9.17) is 0 Å². The molecule has 1 aromatic rings. The molecule has 0 spiro atoms. The van der Waals surface area contributed by atoms with E-state index in [1.54, 1.807) is 0 Å². The minimum absolute atomic E-state index is 0.743. The van der Waals surface area contributed by atoms with E-state index < -0.39 is 6.10 Å². The van der Waals surface area contributed by atoms with E-state index in [1.165, 1.54) is 43.7 Å². The summed E-state index contributed by atoms with van der Waals surface area (Å²) in [6.07, 6.45) is 7.33. The molecule has 1 rings (SSSR count). The van der Waals surface area contributed by atoms with Crippen molar-refractivity contribution in [1.29, 1.82) is 0 Å². The molecule has 0 bridgehead atoms. The zero-order valence-corrected chi connectivity index (χ0v) is 14.6. The maximum absolute atomic E-state index is 3.95. The Bertz CT molecular complexity index is 308. The fourth-order valence-corrected chi connectivity index (χ4v) is 10.4. The summed E-state index contributed by atoms with van der Waals surface area (Å²) in [7, 11) is 0. The average molecular weight is 331 g/mol. The van der Waals surface area contributed by atoms with Crippen LogP contribution >= 0.6 is 6.10 Å². The Labute approximate surface area is 119 Å². The van der Waals surface area contributed by atoms with Crippen LogP contribution in [0.15, 0.2) is 30.3 Å². The molecule has 1 nitrogen and oxygen atoms in total. The van der Waals surface area contributed by atoms with Crippen molar-refractivity contribution in [2.24, 2.45) is 0 Å². The van der Waals surface area contributed by atoms with Crippen molar-refractivity contribution in [3.63, 3.8) is 0 Å². The summed E-state index contributed by atoms with van der Waals surface area (Å²) in [5.41, 5.74) is 1.33. The fraction of sp³-hybridized carbons (Fsp3) is 0.600. The molecule has 3 heteroatoms. The molecule has 18 heavy (non-hydrogen) atoms. The number of benzene rings is 1. The molecule has 0 amide bonds. The van der Waals surface area contributed by atoms with Crippen LogP contribution < -0.4 is 5.09 Å². The molecule has 0 heterocycles. The van der Waals surface area contributed by atoms with E-state index in [9.17, 15) is 0 Å². The van der Waals surface area contributed by atoms with E-state index in [2.05, 4.69) is 55.1 Å². The third kappa shape index (κ3) is 5.31. The molecule has 1 N–H and O–H groups in total. The molecule has 0 saturated heterocycles. The van der Waals surface area contributed by atoms with Crippen molar-refractivity contribution < 1.29 is 0 Å². The second-order valence-corrected chi connectivity index (χ2v) is 14.7. The summed E-state index contributed by atoms with van der Waals surface area (Å²) in [4.78, 5) is 0. The van der Waals surface area contributed by atoms with Gasteiger partial charge in [0.15, 0.2) is 0 Å². The van der Waals surface area contributed by atoms with Gasteiger partial charge in [0.05, 0.1) is 0 Å². The molecule has 102 valence electrons. The third-order valence-electron chi connectivity index (χ3n) is 3.20. The Morgan fingerprint density at radius 1 is 1.00 bits per heavy atom. The number of hydrogen-bond acceptors (Lipinski definition) is 1. The first kappa shape index (κ1) is 16.0. The van der Waals surface area contributed by atoms with Crippen molar-refractivity contribution in [2.75, 3.05) is 17.4 Å². The maximum atomic E-state index is 3.95. The van der Waals surface area contributed by atoms with Crippen molar-refractivity contribution in [3.8, 4) is 0 Å². The molecule has 0 aromatic heterocycles. The second kappa shape index (κ2) is 8.97. The van der Waals surface area contributed by atoms with Crippen LogP contribution in [0.25, 0.3) is 0 Å². The Morgan fingerprint density at radius 3 is 2.00 bits per heavy atom. The van der Waals surface area contributed by atoms with Gasteiger partial charge in [-0.25, -0.2) is 0 Å². The molecular formula is C15H27NPSe+. The van der Waals surface area contributed by atoms with Gasteiger partial charge in [-0.15, -0.1) is 0 Å². The number of nitrogens with one attached hydrogen (secondary N) is 1. The zero-order chi connectivity index (χ0) is 13.3. The van der Waals surface area contributed by atoms with Crippen molar-refractivity contribution in [2.45, 2.75) is 45.4 Å². The number of hydrogen-bond donors (Lipinski definition) is 1. The Kier molecular flexibility index (Phi) is 7.98. The van der Waals surface area contributed by atoms with Gasteiger partial charge < -0.3 is 0 Å². The summed E-state index contributed by atoms with van der Waals surface area (Å²) in [5.74, 6) is 2.43. The van der Waals surface area contributed by atoms with Crippen LogP contribution in [0.1, 0.15) is 39.5 Å². The summed E-state index contributed by atoms with van der Waals surface area (Å²) in [5, 5.41) is 3.95. The number of anilines is 1. The standard InChI is InChI=1S/C15H27NPSe/c1-4-6-13-17(18-3,14-7-5-2)16-15-11-9-8-10-12-15/h8-12,16H,4-7,13-14H2,1-3H3/q+1. The van der Waals surface area contributed by atoms with Crippen LogP contribution in [-0.4, -0.2) is 26.8 Å². The predicted octanol–water partition coefficient (Wildman–Crippen LogP) is 5.30. The van der Waals surface area contributed by atoms with Crippen LogP contribution in [0.5, 0.6) is 0 Å². The molecule has 1 aromatic carbocycles. The normalized spacial score (nSPS) is 11.5. The van der Waals surface area contributed by atoms with Gasteiger partial charge in [-0.3, -0.25) is 0 Å². The predicted molar refractivity (Wildman–Crippen MR) is 88.2 cm³/mol. The monoisotopic (exact) mass is 332 g/mol. The second-order valence-electron chi connectivity index (χ2n) is 4.70. The molecule has 0 aliphatic rings. The first-order chi connectivity index (χ1) is 8.76. The molecule has 0 radical (unpaired) electrons. The molecule has 0 unspecified atom stereocenters. The fourth-order valence-electron chi connectivity index (χ4n) is 2.03.